The van der Waals surface area contributed by atoms with Crippen molar-refractivity contribution in [2.24, 2.45) is 0 Å². The van der Waals surface area contributed by atoms with Crippen LogP contribution in [0.25, 0.3) is 16.3 Å². The number of hydrogen-bond acceptors (Lipinski definition) is 6. The number of nitrogen functional groups attached to an aromatic ring is 1. The summed E-state index contributed by atoms with van der Waals surface area (Å²) in [6, 6.07) is 19.7. The van der Waals surface area contributed by atoms with Crippen LogP contribution >= 0.6 is 11.3 Å². The number of nitriles is 1. The number of thiazole rings is 1. The number of rotatable bonds is 7. The van der Waals surface area contributed by atoms with Crippen LogP contribution in [0.4, 0.5) is 5.82 Å². The number of hydrogen-bond donors (Lipinski definition) is 2. The summed E-state index contributed by atoms with van der Waals surface area (Å²) in [4.78, 5) is 16.9. The van der Waals surface area contributed by atoms with Gasteiger partial charge in [-0.25, -0.2) is 9.67 Å². The molecule has 1 amide bonds. The highest BCUT2D eigenvalue weighted by molar-refractivity contribution is 7.13. The number of anilines is 1. The molecule has 0 atom stereocenters. The molecule has 7 nitrogen and oxygen atoms in total. The third kappa shape index (κ3) is 4.53. The first kappa shape index (κ1) is 21.3. The summed E-state index contributed by atoms with van der Waals surface area (Å²) >= 11 is 1.45. The van der Waals surface area contributed by atoms with Crippen LogP contribution in [0.15, 0.2) is 60.0 Å². The van der Waals surface area contributed by atoms with E-state index < -0.39 is 0 Å². The maximum Gasteiger partial charge on any atom is 0.270 e. The van der Waals surface area contributed by atoms with Gasteiger partial charge in [0.05, 0.1) is 11.4 Å². The second kappa shape index (κ2) is 9.45. The van der Waals surface area contributed by atoms with Gasteiger partial charge in [0.15, 0.2) is 0 Å². The van der Waals surface area contributed by atoms with Gasteiger partial charge >= 0.3 is 0 Å². The summed E-state index contributed by atoms with van der Waals surface area (Å²) in [6.07, 6.45) is 1.15. The third-order valence-corrected chi connectivity index (χ3v) is 5.91. The van der Waals surface area contributed by atoms with Crippen LogP contribution in [0, 0.1) is 18.3 Å². The molecule has 3 N–H and O–H groups in total. The Bertz CT molecular complexity index is 1270. The Hall–Kier alpha value is -3.96. The van der Waals surface area contributed by atoms with Gasteiger partial charge in [0.2, 0.25) is 0 Å². The lowest BCUT2D eigenvalue weighted by atomic mass is 10.1. The number of benzene rings is 2. The largest absolute Gasteiger partial charge is 0.382 e. The molecule has 8 heteroatoms. The summed E-state index contributed by atoms with van der Waals surface area (Å²) in [5, 5.41) is 19.5. The lowest BCUT2D eigenvalue weighted by molar-refractivity contribution is 0.0949. The van der Waals surface area contributed by atoms with Crippen molar-refractivity contribution in [1.82, 2.24) is 20.1 Å². The Morgan fingerprint density at radius 2 is 1.94 bits per heavy atom. The number of nitrogens with zero attached hydrogens (tertiary/aromatic N) is 4. The first-order valence-corrected chi connectivity index (χ1v) is 11.1. The lowest BCUT2D eigenvalue weighted by Gasteiger charge is -2.03. The fourth-order valence-electron chi connectivity index (χ4n) is 3.30. The van der Waals surface area contributed by atoms with Gasteiger partial charge < -0.3 is 11.1 Å². The molecule has 2 aromatic heterocycles. The van der Waals surface area contributed by atoms with Crippen molar-refractivity contribution in [3.05, 3.63) is 82.5 Å². The van der Waals surface area contributed by atoms with Crippen molar-refractivity contribution < 1.29 is 4.79 Å². The van der Waals surface area contributed by atoms with E-state index in [2.05, 4.69) is 21.5 Å². The van der Waals surface area contributed by atoms with Crippen LogP contribution in [-0.4, -0.2) is 27.2 Å². The van der Waals surface area contributed by atoms with E-state index >= 15 is 0 Å². The molecule has 4 aromatic rings. The van der Waals surface area contributed by atoms with Crippen molar-refractivity contribution >= 4 is 23.1 Å². The Kier molecular flexibility index (Phi) is 6.29. The second-order valence-corrected chi connectivity index (χ2v) is 8.19. The van der Waals surface area contributed by atoms with E-state index in [0.29, 0.717) is 42.2 Å². The van der Waals surface area contributed by atoms with E-state index in [1.54, 1.807) is 10.1 Å². The van der Waals surface area contributed by atoms with Gasteiger partial charge in [-0.05, 0) is 31.9 Å². The molecule has 0 aliphatic rings. The molecule has 0 aliphatic heterocycles. The number of nitrogens with two attached hydrogens (primary N) is 1. The molecule has 0 spiro atoms. The van der Waals surface area contributed by atoms with E-state index in [4.69, 9.17) is 5.73 Å². The average Bonchev–Trinajstić information content (AvgIpc) is 3.42. The van der Waals surface area contributed by atoms with E-state index in [1.165, 1.54) is 16.9 Å². The highest BCUT2D eigenvalue weighted by Gasteiger charge is 2.17. The Morgan fingerprint density at radius 3 is 2.66 bits per heavy atom. The highest BCUT2D eigenvalue weighted by Crippen LogP contribution is 2.24. The molecule has 0 fully saturated rings. The summed E-state index contributed by atoms with van der Waals surface area (Å²) in [7, 11) is 0. The molecule has 160 valence electrons. The molecule has 4 rings (SSSR count). The number of aromatic nitrogens is 3. The highest BCUT2D eigenvalue weighted by atomic mass is 32.1. The molecule has 0 bridgehead atoms. The normalized spacial score (nSPS) is 10.6. The zero-order valence-electron chi connectivity index (χ0n) is 17.6. The van der Waals surface area contributed by atoms with E-state index in [9.17, 15) is 10.1 Å². The van der Waals surface area contributed by atoms with Crippen LogP contribution in [0.3, 0.4) is 0 Å². The minimum Gasteiger partial charge on any atom is -0.382 e. The monoisotopic (exact) mass is 442 g/mol. The number of amides is 1. The molecular formula is C24H22N6OS. The summed E-state index contributed by atoms with van der Waals surface area (Å²) in [5.41, 5.74) is 10.5. The number of carbonyl (C=O) groups is 1. The summed E-state index contributed by atoms with van der Waals surface area (Å²) < 4.78 is 1.58. The first-order valence-electron chi connectivity index (χ1n) is 10.2. The fourth-order valence-corrected chi connectivity index (χ4v) is 4.10. The number of carbonyl (C=O) groups excluding carboxylic acids is 1. The smallest absolute Gasteiger partial charge is 0.270 e. The van der Waals surface area contributed by atoms with E-state index in [1.807, 2.05) is 61.5 Å². The third-order valence-electron chi connectivity index (χ3n) is 5.02. The molecule has 0 saturated heterocycles. The minimum absolute atomic E-state index is 0.213. The predicted octanol–water partition coefficient (Wildman–Crippen LogP) is 4.12. The second-order valence-electron chi connectivity index (χ2n) is 7.33. The van der Waals surface area contributed by atoms with E-state index in [-0.39, 0.29) is 5.91 Å². The summed E-state index contributed by atoms with van der Waals surface area (Å²) in [6.45, 7) is 2.48. The molecule has 0 unspecified atom stereocenters. The number of nitrogens with one attached hydrogen (secondary N) is 1. The molecule has 0 radical (unpaired) electrons. The Morgan fingerprint density at radius 1 is 1.19 bits per heavy atom. The SMILES string of the molecule is Cc1ccc(-c2nc(C(=O)NCCCc3nn(-c4ccccc4)c(N)c3C#N)cs2)cc1. The van der Waals surface area contributed by atoms with Crippen LogP contribution < -0.4 is 11.1 Å². The van der Waals surface area contributed by atoms with Gasteiger partial charge in [0, 0.05) is 17.5 Å². The van der Waals surface area contributed by atoms with Crippen LogP contribution in [0.2, 0.25) is 0 Å². The van der Waals surface area contributed by atoms with Crippen molar-refractivity contribution in [3.8, 4) is 22.3 Å². The van der Waals surface area contributed by atoms with Crippen molar-refractivity contribution in [1.29, 1.82) is 5.26 Å². The van der Waals surface area contributed by atoms with Gasteiger partial charge in [-0.2, -0.15) is 10.4 Å². The van der Waals surface area contributed by atoms with E-state index in [0.717, 1.165) is 16.3 Å². The molecular weight excluding hydrogens is 420 g/mol. The zero-order valence-corrected chi connectivity index (χ0v) is 18.4. The van der Waals surface area contributed by atoms with Crippen molar-refractivity contribution in [3.63, 3.8) is 0 Å². The predicted molar refractivity (Wildman–Crippen MR) is 126 cm³/mol. The fraction of sp³-hybridized carbons (Fsp3) is 0.167. The number of para-hydroxylation sites is 1. The molecule has 32 heavy (non-hydrogen) atoms. The van der Waals surface area contributed by atoms with Gasteiger partial charge in [0.25, 0.3) is 5.91 Å². The first-order chi connectivity index (χ1) is 15.6. The lowest BCUT2D eigenvalue weighted by Crippen LogP contribution is -2.25. The van der Waals surface area contributed by atoms with Crippen molar-refractivity contribution in [2.45, 2.75) is 19.8 Å². The molecule has 0 saturated carbocycles. The minimum atomic E-state index is -0.213. The van der Waals surface area contributed by atoms with Gasteiger partial charge in [0.1, 0.15) is 28.2 Å². The molecule has 2 heterocycles. The van der Waals surface area contributed by atoms with Gasteiger partial charge in [-0.15, -0.1) is 11.3 Å². The van der Waals surface area contributed by atoms with Crippen LogP contribution in [-0.2, 0) is 6.42 Å². The van der Waals surface area contributed by atoms with Crippen LogP contribution in [0.1, 0.15) is 33.7 Å². The standard InChI is InChI=1S/C24H22N6OS/c1-16-9-11-17(12-10-16)24-28-21(15-32-24)23(31)27-13-5-8-20-19(14-25)22(26)30(29-20)18-6-3-2-4-7-18/h2-4,6-7,9-12,15H,5,8,13,26H2,1H3,(H,27,31). The Labute approximate surface area is 190 Å². The van der Waals surface area contributed by atoms with Gasteiger partial charge in [-0.3, -0.25) is 4.79 Å². The van der Waals surface area contributed by atoms with Crippen LogP contribution in [0.5, 0.6) is 0 Å². The zero-order chi connectivity index (χ0) is 22.5. The molecule has 0 aliphatic carbocycles. The maximum atomic E-state index is 12.5. The van der Waals surface area contributed by atoms with Gasteiger partial charge in [-0.1, -0.05) is 48.0 Å². The topological polar surface area (TPSA) is 110 Å². The van der Waals surface area contributed by atoms with Crippen molar-refractivity contribution in [2.75, 3.05) is 12.3 Å². The maximum absolute atomic E-state index is 12.5. The number of aryl methyl sites for hydroxylation is 2. The molecule has 2 aromatic carbocycles. The quantitative estimate of drug-likeness (QED) is 0.418. The summed E-state index contributed by atoms with van der Waals surface area (Å²) in [5.74, 6) is 0.110. The Balaban J connectivity index is 1.35. The average molecular weight is 443 g/mol.